The first-order chi connectivity index (χ1) is 18.4. The molecule has 3 unspecified atom stereocenters. The average Bonchev–Trinajstić information content (AvgIpc) is 3.09. The highest BCUT2D eigenvalue weighted by Crippen LogP contribution is 2.40. The monoisotopic (exact) mass is 518 g/mol. The summed E-state index contributed by atoms with van der Waals surface area (Å²) in [6, 6.07) is 11.9. The van der Waals surface area contributed by atoms with Gasteiger partial charge in [0.1, 0.15) is 5.75 Å². The molecule has 5 rings (SSSR count). The van der Waals surface area contributed by atoms with Crippen LogP contribution in [0.15, 0.2) is 42.5 Å². The molecule has 3 amide bonds. The van der Waals surface area contributed by atoms with Gasteiger partial charge in [-0.15, -0.1) is 0 Å². The summed E-state index contributed by atoms with van der Waals surface area (Å²) in [5.41, 5.74) is 8.27. The number of hydrogen-bond acceptors (Lipinski definition) is 5. The minimum Gasteiger partial charge on any atom is -0.497 e. The standard InChI is InChI=1S/C30H38N4O4/c1-38-22-11-7-10-21(16-22)30(37)34-26-15-14-20(29(36)33-24-13-6-5-12-23(24)31)17-25(26)32-28(35)18-27(34)19-8-3-2-4-9-19/h7,10-11,14-17,19,23-24,27H,2-6,8-9,12-13,18,31H2,1H3,(H,32,35)(H,33,36). The number of hydrogen-bond donors (Lipinski definition) is 3. The van der Waals surface area contributed by atoms with Crippen LogP contribution in [-0.2, 0) is 4.79 Å². The van der Waals surface area contributed by atoms with E-state index in [0.717, 1.165) is 51.4 Å². The van der Waals surface area contributed by atoms with Crippen LogP contribution in [-0.4, -0.2) is 43.0 Å². The van der Waals surface area contributed by atoms with E-state index in [1.807, 2.05) is 0 Å². The molecule has 38 heavy (non-hydrogen) atoms. The molecule has 3 aliphatic rings. The number of methoxy groups -OCH3 is 1. The predicted octanol–water partition coefficient (Wildman–Crippen LogP) is 4.63. The molecule has 1 heterocycles. The number of nitrogens with two attached hydrogens (primary N) is 1. The van der Waals surface area contributed by atoms with Crippen LogP contribution in [0.25, 0.3) is 0 Å². The van der Waals surface area contributed by atoms with E-state index in [-0.39, 0.29) is 48.2 Å². The second-order valence-electron chi connectivity index (χ2n) is 10.9. The highest BCUT2D eigenvalue weighted by Gasteiger charge is 2.38. The van der Waals surface area contributed by atoms with E-state index in [1.54, 1.807) is 54.5 Å². The summed E-state index contributed by atoms with van der Waals surface area (Å²) in [7, 11) is 1.57. The zero-order valence-corrected chi connectivity index (χ0v) is 22.1. The first-order valence-electron chi connectivity index (χ1n) is 13.9. The van der Waals surface area contributed by atoms with Crippen LogP contribution in [0.5, 0.6) is 5.75 Å². The lowest BCUT2D eigenvalue weighted by Gasteiger charge is -2.37. The Labute approximate surface area is 224 Å². The van der Waals surface area contributed by atoms with Crippen LogP contribution in [0, 0.1) is 5.92 Å². The van der Waals surface area contributed by atoms with Gasteiger partial charge in [0.05, 0.1) is 18.5 Å². The predicted molar refractivity (Wildman–Crippen MR) is 148 cm³/mol. The third kappa shape index (κ3) is 5.55. The first kappa shape index (κ1) is 26.2. The maximum Gasteiger partial charge on any atom is 0.258 e. The van der Waals surface area contributed by atoms with E-state index in [9.17, 15) is 14.4 Å². The van der Waals surface area contributed by atoms with Crippen molar-refractivity contribution in [2.45, 2.75) is 82.3 Å². The zero-order valence-electron chi connectivity index (χ0n) is 22.1. The van der Waals surface area contributed by atoms with E-state index >= 15 is 0 Å². The van der Waals surface area contributed by atoms with E-state index in [4.69, 9.17) is 10.5 Å². The number of ether oxygens (including phenoxy) is 1. The Kier molecular flexibility index (Phi) is 7.98. The largest absolute Gasteiger partial charge is 0.497 e. The lowest BCUT2D eigenvalue weighted by molar-refractivity contribution is -0.116. The fourth-order valence-electron chi connectivity index (χ4n) is 6.29. The molecule has 2 aromatic rings. The smallest absolute Gasteiger partial charge is 0.258 e. The normalized spacial score (nSPS) is 24.1. The number of rotatable bonds is 5. The van der Waals surface area contributed by atoms with Crippen LogP contribution in [0.2, 0.25) is 0 Å². The molecular weight excluding hydrogens is 480 g/mol. The molecule has 0 saturated heterocycles. The topological polar surface area (TPSA) is 114 Å². The Balaban J connectivity index is 1.51. The fraction of sp³-hybridized carbons (Fsp3) is 0.500. The minimum absolute atomic E-state index is 0.0551. The van der Waals surface area contributed by atoms with Crippen molar-refractivity contribution in [3.63, 3.8) is 0 Å². The molecule has 0 aromatic heterocycles. The molecule has 0 spiro atoms. The Hall–Kier alpha value is -3.39. The number of amides is 3. The molecule has 2 fully saturated rings. The molecule has 8 nitrogen and oxygen atoms in total. The van der Waals surface area contributed by atoms with Gasteiger partial charge >= 0.3 is 0 Å². The second-order valence-corrected chi connectivity index (χ2v) is 10.9. The summed E-state index contributed by atoms with van der Waals surface area (Å²) < 4.78 is 5.37. The summed E-state index contributed by atoms with van der Waals surface area (Å²) >= 11 is 0. The number of benzene rings is 2. The molecule has 2 saturated carbocycles. The zero-order chi connectivity index (χ0) is 26.6. The van der Waals surface area contributed by atoms with Crippen molar-refractivity contribution in [1.82, 2.24) is 5.32 Å². The van der Waals surface area contributed by atoms with Gasteiger partial charge in [-0.1, -0.05) is 38.2 Å². The number of fused-ring (bicyclic) bond motifs is 1. The Morgan fingerprint density at radius 1 is 0.974 bits per heavy atom. The Morgan fingerprint density at radius 2 is 1.74 bits per heavy atom. The molecule has 3 atom stereocenters. The van der Waals surface area contributed by atoms with Crippen molar-refractivity contribution in [2.24, 2.45) is 11.7 Å². The summed E-state index contributed by atoms with van der Waals surface area (Å²) in [4.78, 5) is 42.2. The summed E-state index contributed by atoms with van der Waals surface area (Å²) in [6.45, 7) is 0. The third-order valence-corrected chi connectivity index (χ3v) is 8.38. The van der Waals surface area contributed by atoms with Gasteiger partial charge in [0, 0.05) is 35.7 Å². The second kappa shape index (κ2) is 11.6. The summed E-state index contributed by atoms with van der Waals surface area (Å²) in [6.07, 6.45) is 9.44. The van der Waals surface area contributed by atoms with E-state index in [1.165, 1.54) is 6.42 Å². The molecular formula is C30H38N4O4. The van der Waals surface area contributed by atoms with Crippen molar-refractivity contribution in [2.75, 3.05) is 17.3 Å². The molecule has 4 N–H and O–H groups in total. The van der Waals surface area contributed by atoms with Crippen LogP contribution < -0.4 is 26.0 Å². The molecule has 0 radical (unpaired) electrons. The third-order valence-electron chi connectivity index (χ3n) is 8.38. The Bertz CT molecular complexity index is 1190. The van der Waals surface area contributed by atoms with E-state index in [2.05, 4.69) is 10.6 Å². The molecule has 2 aliphatic carbocycles. The highest BCUT2D eigenvalue weighted by atomic mass is 16.5. The van der Waals surface area contributed by atoms with Gasteiger partial charge in [0.2, 0.25) is 5.91 Å². The molecule has 0 bridgehead atoms. The van der Waals surface area contributed by atoms with Crippen molar-refractivity contribution in [3.8, 4) is 5.75 Å². The Morgan fingerprint density at radius 3 is 2.50 bits per heavy atom. The summed E-state index contributed by atoms with van der Waals surface area (Å²) in [5, 5.41) is 6.08. The van der Waals surface area contributed by atoms with Crippen molar-refractivity contribution >= 4 is 29.1 Å². The molecule has 8 heteroatoms. The van der Waals surface area contributed by atoms with Crippen LogP contribution >= 0.6 is 0 Å². The van der Waals surface area contributed by atoms with Gasteiger partial charge in [-0.05, 0) is 68.0 Å². The SMILES string of the molecule is COc1cccc(C(=O)N2c3ccc(C(=O)NC4CCCCC4N)cc3NC(=O)CC2C2CCCCC2)c1. The van der Waals surface area contributed by atoms with Crippen molar-refractivity contribution < 1.29 is 19.1 Å². The van der Waals surface area contributed by atoms with Gasteiger partial charge < -0.3 is 26.0 Å². The van der Waals surface area contributed by atoms with Gasteiger partial charge in [0.25, 0.3) is 11.8 Å². The molecule has 2 aromatic carbocycles. The van der Waals surface area contributed by atoms with E-state index < -0.39 is 0 Å². The number of nitrogens with zero attached hydrogens (tertiary/aromatic N) is 1. The van der Waals surface area contributed by atoms with Gasteiger partial charge in [-0.25, -0.2) is 0 Å². The quantitative estimate of drug-likeness (QED) is 0.534. The van der Waals surface area contributed by atoms with Gasteiger partial charge in [-0.2, -0.15) is 0 Å². The van der Waals surface area contributed by atoms with Crippen LogP contribution in [0.3, 0.4) is 0 Å². The maximum atomic E-state index is 14.1. The highest BCUT2D eigenvalue weighted by molar-refractivity contribution is 6.12. The van der Waals surface area contributed by atoms with Gasteiger partial charge in [-0.3, -0.25) is 14.4 Å². The minimum atomic E-state index is -0.268. The van der Waals surface area contributed by atoms with E-state index in [0.29, 0.717) is 28.3 Å². The fourth-order valence-corrected chi connectivity index (χ4v) is 6.29. The van der Waals surface area contributed by atoms with Crippen molar-refractivity contribution in [3.05, 3.63) is 53.6 Å². The van der Waals surface area contributed by atoms with Crippen LogP contribution in [0.4, 0.5) is 11.4 Å². The molecule has 1 aliphatic heterocycles. The maximum absolute atomic E-state index is 14.1. The number of carbonyl (C=O) groups is 3. The lowest BCUT2D eigenvalue weighted by atomic mass is 9.81. The molecule has 202 valence electrons. The number of nitrogens with one attached hydrogen (secondary N) is 2. The average molecular weight is 519 g/mol. The first-order valence-corrected chi connectivity index (χ1v) is 13.9. The van der Waals surface area contributed by atoms with Crippen LogP contribution in [0.1, 0.15) is 84.9 Å². The lowest BCUT2D eigenvalue weighted by Crippen LogP contribution is -2.49. The van der Waals surface area contributed by atoms with Gasteiger partial charge in [0.15, 0.2) is 0 Å². The summed E-state index contributed by atoms with van der Waals surface area (Å²) in [5.74, 6) is 0.286. The number of anilines is 2. The number of carbonyl (C=O) groups excluding carboxylic acids is 3. The van der Waals surface area contributed by atoms with Crippen molar-refractivity contribution in [1.29, 1.82) is 0 Å².